The molecule has 1 fully saturated rings. The summed E-state index contributed by atoms with van der Waals surface area (Å²) in [6.07, 6.45) is 1.65. The van der Waals surface area contributed by atoms with Gasteiger partial charge in [0.2, 0.25) is 5.91 Å². The molecule has 2 rings (SSSR count). The zero-order chi connectivity index (χ0) is 21.6. The highest BCUT2D eigenvalue weighted by molar-refractivity contribution is 8.26. The lowest BCUT2D eigenvalue weighted by Gasteiger charge is -2.15. The molecule has 1 aliphatic rings. The predicted molar refractivity (Wildman–Crippen MR) is 114 cm³/mol. The summed E-state index contributed by atoms with van der Waals surface area (Å²) in [5.74, 6) is -0.722. The van der Waals surface area contributed by atoms with Crippen LogP contribution in [0.1, 0.15) is 25.8 Å². The van der Waals surface area contributed by atoms with Crippen molar-refractivity contribution in [3.05, 3.63) is 28.7 Å². The summed E-state index contributed by atoms with van der Waals surface area (Å²) in [5.41, 5.74) is 0.749. The summed E-state index contributed by atoms with van der Waals surface area (Å²) in [5, 5.41) is 11.2. The Morgan fingerprint density at radius 3 is 2.72 bits per heavy atom. The van der Waals surface area contributed by atoms with Crippen molar-refractivity contribution in [1.82, 2.24) is 10.2 Å². The van der Waals surface area contributed by atoms with E-state index in [2.05, 4.69) is 5.32 Å². The number of carbonyl (C=O) groups excluding carboxylic acids is 2. The fraction of sp³-hybridized carbons (Fsp3) is 0.368. The van der Waals surface area contributed by atoms with Crippen LogP contribution in [0.2, 0.25) is 0 Å². The number of thioether (sulfide) groups is 1. The van der Waals surface area contributed by atoms with Gasteiger partial charge in [0.1, 0.15) is 10.4 Å². The number of methoxy groups -OCH3 is 1. The summed E-state index contributed by atoms with van der Waals surface area (Å²) >= 11 is 6.40. The maximum Gasteiger partial charge on any atom is 0.325 e. The molecular weight excluding hydrogens is 416 g/mol. The first kappa shape index (κ1) is 22.7. The largest absolute Gasteiger partial charge is 0.493 e. The van der Waals surface area contributed by atoms with E-state index in [0.717, 1.165) is 17.3 Å². The van der Waals surface area contributed by atoms with Crippen LogP contribution < -0.4 is 14.8 Å². The Morgan fingerprint density at radius 1 is 1.38 bits per heavy atom. The van der Waals surface area contributed by atoms with Gasteiger partial charge in [-0.25, -0.2) is 0 Å². The lowest BCUT2D eigenvalue weighted by molar-refractivity contribution is -0.141. The van der Waals surface area contributed by atoms with E-state index in [-0.39, 0.29) is 18.9 Å². The van der Waals surface area contributed by atoms with E-state index < -0.39 is 17.9 Å². The van der Waals surface area contributed by atoms with Crippen LogP contribution >= 0.6 is 24.0 Å². The van der Waals surface area contributed by atoms with Crippen LogP contribution in [-0.2, 0) is 14.4 Å². The minimum absolute atomic E-state index is 0.0474. The summed E-state index contributed by atoms with van der Waals surface area (Å²) in [6, 6.07) is 4.34. The van der Waals surface area contributed by atoms with Gasteiger partial charge >= 0.3 is 5.97 Å². The minimum atomic E-state index is -1.13. The minimum Gasteiger partial charge on any atom is -0.493 e. The van der Waals surface area contributed by atoms with Crippen molar-refractivity contribution in [2.24, 2.45) is 0 Å². The molecule has 1 aliphatic heterocycles. The molecule has 2 N–H and O–H groups in total. The molecule has 0 spiro atoms. The fourth-order valence-electron chi connectivity index (χ4n) is 2.48. The van der Waals surface area contributed by atoms with Gasteiger partial charge in [-0.15, -0.1) is 0 Å². The lowest BCUT2D eigenvalue weighted by Crippen LogP contribution is -2.40. The van der Waals surface area contributed by atoms with Crippen LogP contribution in [0.4, 0.5) is 0 Å². The van der Waals surface area contributed by atoms with Crippen molar-refractivity contribution in [3.63, 3.8) is 0 Å². The smallest absolute Gasteiger partial charge is 0.325 e. The number of hydrogen-bond acceptors (Lipinski definition) is 7. The highest BCUT2D eigenvalue weighted by Gasteiger charge is 2.32. The van der Waals surface area contributed by atoms with E-state index in [9.17, 15) is 14.4 Å². The fourth-order valence-corrected chi connectivity index (χ4v) is 3.79. The second-order valence-electron chi connectivity index (χ2n) is 6.05. The first-order valence-electron chi connectivity index (χ1n) is 8.85. The Hall–Kier alpha value is -2.59. The van der Waals surface area contributed by atoms with Crippen molar-refractivity contribution >= 4 is 52.2 Å². The van der Waals surface area contributed by atoms with E-state index in [0.29, 0.717) is 27.3 Å². The third-order valence-corrected chi connectivity index (χ3v) is 5.35. The van der Waals surface area contributed by atoms with Crippen LogP contribution in [-0.4, -0.2) is 58.4 Å². The molecule has 156 valence electrons. The van der Waals surface area contributed by atoms with Crippen LogP contribution in [0, 0.1) is 0 Å². The Morgan fingerprint density at radius 2 is 2.10 bits per heavy atom. The molecule has 1 aromatic rings. The highest BCUT2D eigenvalue weighted by Crippen LogP contribution is 2.34. The topological polar surface area (TPSA) is 105 Å². The Bertz CT molecular complexity index is 855. The molecule has 0 unspecified atom stereocenters. The van der Waals surface area contributed by atoms with E-state index >= 15 is 0 Å². The van der Waals surface area contributed by atoms with Gasteiger partial charge in [0.15, 0.2) is 11.5 Å². The second kappa shape index (κ2) is 10.3. The Balaban J connectivity index is 2.06. The van der Waals surface area contributed by atoms with E-state index in [1.807, 2.05) is 6.92 Å². The van der Waals surface area contributed by atoms with Crippen LogP contribution in [0.3, 0.4) is 0 Å². The van der Waals surface area contributed by atoms with Gasteiger partial charge in [-0.1, -0.05) is 30.0 Å². The zero-order valence-electron chi connectivity index (χ0n) is 16.3. The number of amides is 2. The number of nitrogens with zero attached hydrogens (tertiary/aromatic N) is 1. The van der Waals surface area contributed by atoms with Gasteiger partial charge in [-0.3, -0.25) is 19.3 Å². The maximum atomic E-state index is 12.7. The number of carboxylic acids is 1. The van der Waals surface area contributed by atoms with Crippen molar-refractivity contribution in [2.45, 2.75) is 26.3 Å². The summed E-state index contributed by atoms with van der Waals surface area (Å²) < 4.78 is 11.1. The molecule has 0 aliphatic carbocycles. The molecule has 0 saturated carbocycles. The number of hydrogen-bond donors (Lipinski definition) is 2. The summed E-state index contributed by atoms with van der Waals surface area (Å²) in [6.45, 7) is 3.83. The van der Waals surface area contributed by atoms with Crippen molar-refractivity contribution in [3.8, 4) is 11.5 Å². The van der Waals surface area contributed by atoms with E-state index in [4.69, 9.17) is 26.8 Å². The highest BCUT2D eigenvalue weighted by atomic mass is 32.2. The van der Waals surface area contributed by atoms with Gasteiger partial charge in [0.05, 0.1) is 18.6 Å². The van der Waals surface area contributed by atoms with Crippen molar-refractivity contribution in [1.29, 1.82) is 0 Å². The number of carbonyl (C=O) groups is 3. The van der Waals surface area contributed by atoms with Gasteiger partial charge in [-0.2, -0.15) is 0 Å². The molecule has 0 aromatic heterocycles. The van der Waals surface area contributed by atoms with Gasteiger partial charge in [0, 0.05) is 13.0 Å². The number of carboxylic acid groups (broad SMARTS) is 1. The van der Waals surface area contributed by atoms with Crippen LogP contribution in [0.25, 0.3) is 6.08 Å². The molecule has 2 amide bonds. The molecule has 29 heavy (non-hydrogen) atoms. The predicted octanol–water partition coefficient (Wildman–Crippen LogP) is 2.27. The van der Waals surface area contributed by atoms with Crippen LogP contribution in [0.15, 0.2) is 23.1 Å². The standard InChI is InChI=1S/C19H22N2O6S2/c1-4-27-13-6-5-12(9-14(13)26-3)10-15-17(23)21(19(28)29-15)8-7-16(22)20-11(2)18(24)25/h5-6,9-11H,4,7-8H2,1-3H3,(H,20,22)(H,24,25)/b15-10+/t11-/m1/s1. The van der Waals surface area contributed by atoms with E-state index in [1.54, 1.807) is 24.3 Å². The number of nitrogens with one attached hydrogen (secondary N) is 1. The molecular formula is C19H22N2O6S2. The van der Waals surface area contributed by atoms with Gasteiger partial charge in [0.25, 0.3) is 5.91 Å². The molecule has 8 nitrogen and oxygen atoms in total. The third kappa shape index (κ3) is 5.94. The first-order chi connectivity index (χ1) is 13.8. The number of ether oxygens (including phenoxy) is 2. The molecule has 1 atom stereocenters. The number of rotatable bonds is 9. The van der Waals surface area contributed by atoms with Gasteiger partial charge in [-0.05, 0) is 37.6 Å². The van der Waals surface area contributed by atoms with Crippen molar-refractivity contribution < 1.29 is 29.0 Å². The summed E-state index contributed by atoms with van der Waals surface area (Å²) in [7, 11) is 1.54. The molecule has 1 aromatic carbocycles. The lowest BCUT2D eigenvalue weighted by atomic mass is 10.2. The molecule has 0 bridgehead atoms. The Labute approximate surface area is 178 Å². The third-order valence-electron chi connectivity index (χ3n) is 3.97. The van der Waals surface area contributed by atoms with Gasteiger partial charge < -0.3 is 19.9 Å². The molecule has 10 heteroatoms. The monoisotopic (exact) mass is 438 g/mol. The number of thiocarbonyl (C=S) groups is 1. The number of benzene rings is 1. The average molecular weight is 439 g/mol. The van der Waals surface area contributed by atoms with Crippen molar-refractivity contribution in [2.75, 3.05) is 20.3 Å². The second-order valence-corrected chi connectivity index (χ2v) is 7.73. The quantitative estimate of drug-likeness (QED) is 0.447. The molecule has 0 radical (unpaired) electrons. The first-order valence-corrected chi connectivity index (χ1v) is 10.1. The Kier molecular flexibility index (Phi) is 8.03. The SMILES string of the molecule is CCOc1ccc(/C=C2/SC(=S)N(CCC(=O)N[C@H](C)C(=O)O)C2=O)cc1OC. The average Bonchev–Trinajstić information content (AvgIpc) is 2.94. The normalized spacial score (nSPS) is 16.1. The number of aliphatic carboxylic acids is 1. The molecule has 1 heterocycles. The van der Waals surface area contributed by atoms with E-state index in [1.165, 1.54) is 18.9 Å². The maximum absolute atomic E-state index is 12.7. The molecule has 1 saturated heterocycles. The zero-order valence-corrected chi connectivity index (χ0v) is 17.9. The summed E-state index contributed by atoms with van der Waals surface area (Å²) in [4.78, 5) is 37.1. The van der Waals surface area contributed by atoms with Crippen LogP contribution in [0.5, 0.6) is 11.5 Å².